The number of carbonyl (C=O) groups excluding carboxylic acids is 2. The molecule has 0 aliphatic carbocycles. The first kappa shape index (κ1) is 20.8. The molecule has 0 saturated heterocycles. The highest BCUT2D eigenvalue weighted by Gasteiger charge is 2.40. The average Bonchev–Trinajstić information content (AvgIpc) is 3.33. The van der Waals surface area contributed by atoms with Crippen molar-refractivity contribution in [2.45, 2.75) is 18.9 Å². The lowest BCUT2D eigenvalue weighted by molar-refractivity contribution is -0.124. The zero-order chi connectivity index (χ0) is 22.8. The van der Waals surface area contributed by atoms with Gasteiger partial charge in [-0.15, -0.1) is 0 Å². The molecule has 1 aromatic heterocycles. The Bertz CT molecular complexity index is 1300. The second-order valence-corrected chi connectivity index (χ2v) is 7.99. The lowest BCUT2D eigenvalue weighted by atomic mass is 10.1. The van der Waals surface area contributed by atoms with Gasteiger partial charge in [0.1, 0.15) is 11.8 Å². The Kier molecular flexibility index (Phi) is 5.52. The molecule has 5 rings (SSSR count). The van der Waals surface area contributed by atoms with Crippen molar-refractivity contribution in [1.82, 2.24) is 9.55 Å². The number of methoxy groups -OCH3 is 1. The van der Waals surface area contributed by atoms with Gasteiger partial charge in [-0.25, -0.2) is 4.98 Å². The molecule has 33 heavy (non-hydrogen) atoms. The number of ether oxygens (including phenoxy) is 1. The standard InChI is InChI=1S/C26H24N4O3/c1-33-20-13-11-19(12-14-20)27-24(31)17-23-25(32)29(16-15-18-7-3-2-4-8-18)26-28-21-9-5-6-10-22(21)30(23)26/h2-14,23H,15-17H2,1H3,(H,27,31)/t23-/m1/s1. The maximum absolute atomic E-state index is 13.4. The smallest absolute Gasteiger partial charge is 0.253 e. The van der Waals surface area contributed by atoms with Crippen molar-refractivity contribution < 1.29 is 14.3 Å². The number of rotatable bonds is 7. The van der Waals surface area contributed by atoms with E-state index in [1.54, 1.807) is 36.3 Å². The van der Waals surface area contributed by atoms with Gasteiger partial charge in [-0.3, -0.25) is 19.1 Å². The number of hydrogen-bond acceptors (Lipinski definition) is 4. The molecule has 0 fully saturated rings. The van der Waals surface area contributed by atoms with Gasteiger partial charge in [0, 0.05) is 12.2 Å². The second kappa shape index (κ2) is 8.78. The molecule has 7 heteroatoms. The van der Waals surface area contributed by atoms with Crippen LogP contribution in [0.15, 0.2) is 78.9 Å². The largest absolute Gasteiger partial charge is 0.497 e. The predicted molar refractivity (Wildman–Crippen MR) is 128 cm³/mol. The Morgan fingerprint density at radius 2 is 1.73 bits per heavy atom. The van der Waals surface area contributed by atoms with E-state index < -0.39 is 6.04 Å². The quantitative estimate of drug-likeness (QED) is 0.467. The zero-order valence-corrected chi connectivity index (χ0v) is 18.3. The van der Waals surface area contributed by atoms with E-state index in [0.717, 1.165) is 16.6 Å². The van der Waals surface area contributed by atoms with Crippen LogP contribution in [0, 0.1) is 0 Å². The molecular formula is C26H24N4O3. The molecular weight excluding hydrogens is 416 g/mol. The second-order valence-electron chi connectivity index (χ2n) is 7.99. The van der Waals surface area contributed by atoms with Gasteiger partial charge in [0.05, 0.1) is 24.6 Å². The Balaban J connectivity index is 1.39. The van der Waals surface area contributed by atoms with Crippen LogP contribution in [0.1, 0.15) is 18.0 Å². The normalized spacial score (nSPS) is 15.0. The highest BCUT2D eigenvalue weighted by Crippen LogP contribution is 2.36. The van der Waals surface area contributed by atoms with E-state index in [1.165, 1.54) is 0 Å². The van der Waals surface area contributed by atoms with Crippen molar-refractivity contribution in [1.29, 1.82) is 0 Å². The fraction of sp³-hybridized carbons (Fsp3) is 0.192. The highest BCUT2D eigenvalue weighted by molar-refractivity contribution is 6.05. The number of fused-ring (bicyclic) bond motifs is 3. The first-order valence-electron chi connectivity index (χ1n) is 10.9. The summed E-state index contributed by atoms with van der Waals surface area (Å²) in [4.78, 5) is 32.7. The maximum Gasteiger partial charge on any atom is 0.253 e. The number of nitrogens with zero attached hydrogens (tertiary/aromatic N) is 3. The van der Waals surface area contributed by atoms with Crippen LogP contribution in [0.25, 0.3) is 11.0 Å². The fourth-order valence-corrected chi connectivity index (χ4v) is 4.25. The minimum atomic E-state index is -0.638. The summed E-state index contributed by atoms with van der Waals surface area (Å²) in [5.41, 5.74) is 3.46. The van der Waals surface area contributed by atoms with Crippen molar-refractivity contribution in [3.63, 3.8) is 0 Å². The van der Waals surface area contributed by atoms with Crippen molar-refractivity contribution in [3.8, 4) is 5.75 Å². The van der Waals surface area contributed by atoms with Crippen LogP contribution in [0.3, 0.4) is 0 Å². The summed E-state index contributed by atoms with van der Waals surface area (Å²) >= 11 is 0. The molecule has 4 aromatic rings. The molecule has 0 unspecified atom stereocenters. The number of carbonyl (C=O) groups is 2. The topological polar surface area (TPSA) is 76.5 Å². The molecule has 166 valence electrons. The third-order valence-corrected chi connectivity index (χ3v) is 5.90. The van der Waals surface area contributed by atoms with E-state index in [2.05, 4.69) is 5.32 Å². The summed E-state index contributed by atoms with van der Waals surface area (Å²) in [5, 5.41) is 2.89. The van der Waals surface area contributed by atoms with Crippen LogP contribution in [0.5, 0.6) is 5.75 Å². The van der Waals surface area contributed by atoms with Gasteiger partial charge in [0.15, 0.2) is 0 Å². The zero-order valence-electron chi connectivity index (χ0n) is 18.3. The number of hydrogen-bond donors (Lipinski definition) is 1. The summed E-state index contributed by atoms with van der Waals surface area (Å²) < 4.78 is 7.06. The summed E-state index contributed by atoms with van der Waals surface area (Å²) in [7, 11) is 1.59. The van der Waals surface area contributed by atoms with Crippen LogP contribution in [0.4, 0.5) is 11.6 Å². The van der Waals surface area contributed by atoms with Crippen molar-refractivity contribution in [2.75, 3.05) is 23.9 Å². The minimum absolute atomic E-state index is 0.0278. The predicted octanol–water partition coefficient (Wildman–Crippen LogP) is 4.20. The van der Waals surface area contributed by atoms with E-state index in [4.69, 9.17) is 9.72 Å². The summed E-state index contributed by atoms with van der Waals surface area (Å²) in [6, 6.07) is 24.2. The first-order chi connectivity index (χ1) is 16.1. The number of anilines is 2. The van der Waals surface area contributed by atoms with Crippen molar-refractivity contribution in [3.05, 3.63) is 84.4 Å². The van der Waals surface area contributed by atoms with Crippen LogP contribution < -0.4 is 15.0 Å². The number of nitrogens with one attached hydrogen (secondary N) is 1. The number of benzene rings is 3. The SMILES string of the molecule is COc1ccc(NC(=O)C[C@@H]2C(=O)N(CCc3ccccc3)c3nc4ccccc4n32)cc1. The molecule has 0 radical (unpaired) electrons. The molecule has 2 amide bonds. The number of amides is 2. The molecule has 3 aromatic carbocycles. The van der Waals surface area contributed by atoms with E-state index in [0.29, 0.717) is 30.4 Å². The molecule has 1 atom stereocenters. The Morgan fingerprint density at radius 3 is 2.48 bits per heavy atom. The molecule has 1 N–H and O–H groups in total. The summed E-state index contributed by atoms with van der Waals surface area (Å²) in [6.45, 7) is 0.503. The molecule has 1 aliphatic rings. The lowest BCUT2D eigenvalue weighted by Crippen LogP contribution is -2.33. The van der Waals surface area contributed by atoms with Gasteiger partial charge in [-0.2, -0.15) is 0 Å². The Morgan fingerprint density at radius 1 is 1.00 bits per heavy atom. The molecule has 0 saturated carbocycles. The number of imidazole rings is 1. The lowest BCUT2D eigenvalue weighted by Gasteiger charge is -2.16. The molecule has 1 aliphatic heterocycles. The van der Waals surface area contributed by atoms with Crippen LogP contribution in [-0.4, -0.2) is 35.0 Å². The third-order valence-electron chi connectivity index (χ3n) is 5.90. The van der Waals surface area contributed by atoms with E-state index in [-0.39, 0.29) is 18.2 Å². The summed E-state index contributed by atoms with van der Waals surface area (Å²) in [5.74, 6) is 0.971. The summed E-state index contributed by atoms with van der Waals surface area (Å²) in [6.07, 6.45) is 0.737. The van der Waals surface area contributed by atoms with E-state index >= 15 is 0 Å². The van der Waals surface area contributed by atoms with Crippen molar-refractivity contribution in [2.24, 2.45) is 0 Å². The molecule has 7 nitrogen and oxygen atoms in total. The van der Waals surface area contributed by atoms with Gasteiger partial charge in [-0.05, 0) is 48.4 Å². The van der Waals surface area contributed by atoms with Crippen LogP contribution >= 0.6 is 0 Å². The molecule has 0 bridgehead atoms. The van der Waals surface area contributed by atoms with Gasteiger partial charge in [-0.1, -0.05) is 42.5 Å². The Labute approximate surface area is 191 Å². The van der Waals surface area contributed by atoms with Crippen LogP contribution in [0.2, 0.25) is 0 Å². The number of para-hydroxylation sites is 2. The maximum atomic E-state index is 13.4. The van der Waals surface area contributed by atoms with Gasteiger partial charge >= 0.3 is 0 Å². The fourth-order valence-electron chi connectivity index (χ4n) is 4.25. The highest BCUT2D eigenvalue weighted by atomic mass is 16.5. The Hall–Kier alpha value is -4.13. The van der Waals surface area contributed by atoms with Crippen molar-refractivity contribution >= 4 is 34.5 Å². The molecule has 0 spiro atoms. The van der Waals surface area contributed by atoms with Gasteiger partial charge in [0.25, 0.3) is 5.91 Å². The van der Waals surface area contributed by atoms with Gasteiger partial charge in [0.2, 0.25) is 11.9 Å². The van der Waals surface area contributed by atoms with E-state index in [1.807, 2.05) is 59.2 Å². The third kappa shape index (κ3) is 4.05. The first-order valence-corrected chi connectivity index (χ1v) is 10.9. The minimum Gasteiger partial charge on any atom is -0.497 e. The average molecular weight is 441 g/mol. The molecule has 2 heterocycles. The number of aromatic nitrogens is 2. The van der Waals surface area contributed by atoms with Crippen LogP contribution in [-0.2, 0) is 16.0 Å². The van der Waals surface area contributed by atoms with E-state index in [9.17, 15) is 9.59 Å². The van der Waals surface area contributed by atoms with Gasteiger partial charge < -0.3 is 10.1 Å². The monoisotopic (exact) mass is 440 g/mol.